The Morgan fingerprint density at radius 3 is 2.50 bits per heavy atom. The van der Waals surface area contributed by atoms with Gasteiger partial charge in [-0.1, -0.05) is 28.1 Å². The van der Waals surface area contributed by atoms with Gasteiger partial charge >= 0.3 is 0 Å². The number of hydrogen-bond acceptors (Lipinski definition) is 3. The van der Waals surface area contributed by atoms with Crippen LogP contribution in [0.1, 0.15) is 0 Å². The van der Waals surface area contributed by atoms with Crippen LogP contribution in [-0.2, 0) is 0 Å². The molecule has 0 aliphatic heterocycles. The number of nitrogens with one attached hydrogen (secondary N) is 1. The van der Waals surface area contributed by atoms with Crippen LogP contribution in [0, 0.1) is 5.82 Å². The minimum atomic E-state index is -0.268. The van der Waals surface area contributed by atoms with E-state index >= 15 is 0 Å². The van der Waals surface area contributed by atoms with Crippen LogP contribution in [0.15, 0.2) is 71.6 Å². The first-order valence-corrected chi connectivity index (χ1v) is 8.10. The third-order valence-electron chi connectivity index (χ3n) is 3.65. The maximum absolute atomic E-state index is 13.1. The van der Waals surface area contributed by atoms with Gasteiger partial charge in [0.1, 0.15) is 17.3 Å². The second-order valence-corrected chi connectivity index (χ2v) is 6.17. The number of benzene rings is 2. The van der Waals surface area contributed by atoms with Gasteiger partial charge in [0.05, 0.1) is 6.20 Å². The third kappa shape index (κ3) is 2.76. The molecule has 4 rings (SSSR count). The smallest absolute Gasteiger partial charge is 0.157 e. The summed E-state index contributed by atoms with van der Waals surface area (Å²) in [6.07, 6.45) is 5.25. The number of imidazole rings is 1. The van der Waals surface area contributed by atoms with Crippen LogP contribution in [0.2, 0.25) is 0 Å². The van der Waals surface area contributed by atoms with E-state index in [1.54, 1.807) is 24.5 Å². The summed E-state index contributed by atoms with van der Waals surface area (Å²) in [5.41, 5.74) is 3.31. The lowest BCUT2D eigenvalue weighted by Crippen LogP contribution is -1.97. The van der Waals surface area contributed by atoms with Gasteiger partial charge in [-0.2, -0.15) is 0 Å². The van der Waals surface area contributed by atoms with Gasteiger partial charge in [0, 0.05) is 28.1 Å². The molecule has 0 radical (unpaired) electrons. The Labute approximate surface area is 146 Å². The molecule has 0 aliphatic carbocycles. The summed E-state index contributed by atoms with van der Waals surface area (Å²) in [6, 6.07) is 14.2. The van der Waals surface area contributed by atoms with Crippen molar-refractivity contribution in [3.8, 4) is 11.3 Å². The number of aromatic nitrogens is 3. The van der Waals surface area contributed by atoms with Crippen molar-refractivity contribution >= 4 is 33.1 Å². The highest BCUT2D eigenvalue weighted by molar-refractivity contribution is 9.10. The molecule has 0 unspecified atom stereocenters. The van der Waals surface area contributed by atoms with E-state index in [-0.39, 0.29) is 5.82 Å². The average Bonchev–Trinajstić information content (AvgIpc) is 2.96. The summed E-state index contributed by atoms with van der Waals surface area (Å²) >= 11 is 3.44. The fraction of sp³-hybridized carbons (Fsp3) is 0. The van der Waals surface area contributed by atoms with Crippen molar-refractivity contribution in [2.45, 2.75) is 0 Å². The van der Waals surface area contributed by atoms with Gasteiger partial charge in [-0.3, -0.25) is 9.38 Å². The quantitative estimate of drug-likeness (QED) is 0.539. The zero-order chi connectivity index (χ0) is 16.5. The van der Waals surface area contributed by atoms with Gasteiger partial charge in [0.25, 0.3) is 0 Å². The van der Waals surface area contributed by atoms with Crippen molar-refractivity contribution < 1.29 is 4.39 Å². The number of rotatable bonds is 3. The highest BCUT2D eigenvalue weighted by Gasteiger charge is 2.14. The monoisotopic (exact) mass is 382 g/mol. The molecule has 2 aromatic carbocycles. The predicted molar refractivity (Wildman–Crippen MR) is 95.8 cm³/mol. The van der Waals surface area contributed by atoms with Crippen LogP contribution in [0.4, 0.5) is 15.9 Å². The largest absolute Gasteiger partial charge is 0.339 e. The molecule has 0 spiro atoms. The van der Waals surface area contributed by atoms with E-state index in [9.17, 15) is 4.39 Å². The first kappa shape index (κ1) is 14.8. The number of hydrogen-bond donors (Lipinski definition) is 1. The first-order valence-electron chi connectivity index (χ1n) is 7.31. The normalized spacial score (nSPS) is 10.9. The molecule has 0 fully saturated rings. The Bertz CT molecular complexity index is 994. The van der Waals surface area contributed by atoms with Crippen LogP contribution < -0.4 is 5.32 Å². The van der Waals surface area contributed by atoms with Crippen LogP contribution in [0.25, 0.3) is 16.9 Å². The van der Waals surface area contributed by atoms with Crippen LogP contribution >= 0.6 is 15.9 Å². The van der Waals surface area contributed by atoms with Gasteiger partial charge in [0.15, 0.2) is 5.65 Å². The molecule has 0 aliphatic rings. The molecule has 0 amide bonds. The van der Waals surface area contributed by atoms with E-state index in [1.165, 1.54) is 12.1 Å². The molecular weight excluding hydrogens is 371 g/mol. The molecule has 0 saturated carbocycles. The van der Waals surface area contributed by atoms with E-state index in [2.05, 4.69) is 31.2 Å². The molecule has 118 valence electrons. The minimum absolute atomic E-state index is 0.268. The zero-order valence-corrected chi connectivity index (χ0v) is 14.0. The van der Waals surface area contributed by atoms with E-state index < -0.39 is 0 Å². The van der Waals surface area contributed by atoms with Crippen LogP contribution in [0.5, 0.6) is 0 Å². The average molecular weight is 383 g/mol. The van der Waals surface area contributed by atoms with Crippen LogP contribution in [-0.4, -0.2) is 14.4 Å². The lowest BCUT2D eigenvalue weighted by molar-refractivity contribution is 0.628. The summed E-state index contributed by atoms with van der Waals surface area (Å²) in [6.45, 7) is 0. The van der Waals surface area contributed by atoms with Gasteiger partial charge in [-0.15, -0.1) is 0 Å². The molecule has 2 heterocycles. The Kier molecular flexibility index (Phi) is 3.74. The van der Waals surface area contributed by atoms with Crippen LogP contribution in [0.3, 0.4) is 0 Å². The highest BCUT2D eigenvalue weighted by Crippen LogP contribution is 2.31. The molecule has 0 saturated heterocycles. The fourth-order valence-corrected chi connectivity index (χ4v) is 2.77. The van der Waals surface area contributed by atoms with E-state index in [4.69, 9.17) is 0 Å². The van der Waals surface area contributed by atoms with Gasteiger partial charge in [0.2, 0.25) is 0 Å². The Balaban J connectivity index is 1.86. The Morgan fingerprint density at radius 1 is 1.00 bits per heavy atom. The first-order chi connectivity index (χ1) is 11.7. The molecule has 24 heavy (non-hydrogen) atoms. The molecule has 1 N–H and O–H groups in total. The number of fused-ring (bicyclic) bond motifs is 1. The number of halogens is 2. The molecule has 2 aromatic heterocycles. The summed E-state index contributed by atoms with van der Waals surface area (Å²) < 4.78 is 16.1. The minimum Gasteiger partial charge on any atom is -0.339 e. The molecule has 4 aromatic rings. The fourth-order valence-electron chi connectivity index (χ4n) is 2.51. The van der Waals surface area contributed by atoms with Crippen molar-refractivity contribution in [1.29, 1.82) is 0 Å². The molecule has 6 heteroatoms. The number of nitrogens with zero attached hydrogens (tertiary/aromatic N) is 3. The van der Waals surface area contributed by atoms with Crippen molar-refractivity contribution in [1.82, 2.24) is 14.4 Å². The van der Waals surface area contributed by atoms with E-state index in [1.807, 2.05) is 34.9 Å². The lowest BCUT2D eigenvalue weighted by atomic mass is 10.1. The van der Waals surface area contributed by atoms with E-state index in [0.717, 1.165) is 32.9 Å². The topological polar surface area (TPSA) is 42.2 Å². The maximum Gasteiger partial charge on any atom is 0.157 e. The molecular formula is C18H12BrFN4. The summed E-state index contributed by atoms with van der Waals surface area (Å²) in [5.74, 6) is 0.539. The maximum atomic E-state index is 13.1. The van der Waals surface area contributed by atoms with Crippen molar-refractivity contribution in [2.24, 2.45) is 0 Å². The summed E-state index contributed by atoms with van der Waals surface area (Å²) in [4.78, 5) is 8.80. The van der Waals surface area contributed by atoms with Crippen molar-refractivity contribution in [3.63, 3.8) is 0 Å². The highest BCUT2D eigenvalue weighted by atomic mass is 79.9. The summed E-state index contributed by atoms with van der Waals surface area (Å²) in [5, 5.41) is 3.33. The third-order valence-corrected chi connectivity index (χ3v) is 4.18. The van der Waals surface area contributed by atoms with Crippen molar-refractivity contribution in [2.75, 3.05) is 5.32 Å². The molecule has 4 nitrogen and oxygen atoms in total. The predicted octanol–water partition coefficient (Wildman–Crippen LogP) is 5.04. The SMILES string of the molecule is Fc1ccc(Nc2c(-c3ccc(Br)cc3)nc3cnccn23)cc1. The second-order valence-electron chi connectivity index (χ2n) is 5.25. The van der Waals surface area contributed by atoms with Gasteiger partial charge in [-0.25, -0.2) is 9.37 Å². The van der Waals surface area contributed by atoms with E-state index in [0.29, 0.717) is 0 Å². The lowest BCUT2D eigenvalue weighted by Gasteiger charge is -2.09. The van der Waals surface area contributed by atoms with Gasteiger partial charge < -0.3 is 5.32 Å². The standard InChI is InChI=1S/C18H12BrFN4/c19-13-3-1-12(2-4-13)17-18(22-15-7-5-14(20)6-8-15)24-10-9-21-11-16(24)23-17/h1-11,22H. The molecule has 0 bridgehead atoms. The van der Waals surface area contributed by atoms with Gasteiger partial charge in [-0.05, 0) is 36.4 Å². The van der Waals surface area contributed by atoms with Crippen molar-refractivity contribution in [3.05, 3.63) is 77.4 Å². The Hall–Kier alpha value is -2.73. The second kappa shape index (κ2) is 6.05. The zero-order valence-electron chi connectivity index (χ0n) is 12.4. The Morgan fingerprint density at radius 2 is 1.75 bits per heavy atom. The number of anilines is 2. The summed E-state index contributed by atoms with van der Waals surface area (Å²) in [7, 11) is 0. The molecule has 0 atom stereocenters.